The highest BCUT2D eigenvalue weighted by atomic mass is 19.1. The van der Waals surface area contributed by atoms with Crippen molar-refractivity contribution >= 4 is 34.1 Å². The van der Waals surface area contributed by atoms with Crippen molar-refractivity contribution in [2.75, 3.05) is 6.67 Å². The van der Waals surface area contributed by atoms with Gasteiger partial charge >= 0.3 is 5.97 Å². The molecule has 8 nitrogen and oxygen atoms in total. The average molecular weight is 472 g/mol. The van der Waals surface area contributed by atoms with E-state index >= 15 is 0 Å². The van der Waals surface area contributed by atoms with Gasteiger partial charge in [-0.05, 0) is 32.2 Å². The molecule has 3 rings (SSSR count). The van der Waals surface area contributed by atoms with Crippen LogP contribution in [0.15, 0.2) is 41.7 Å². The van der Waals surface area contributed by atoms with E-state index < -0.39 is 48.0 Å². The van der Waals surface area contributed by atoms with Gasteiger partial charge in [-0.1, -0.05) is 43.3 Å². The second-order valence-electron chi connectivity index (χ2n) is 9.65. The Kier molecular flexibility index (Phi) is 7.33. The molecular formula is C25H30FN3O5. The molecule has 0 spiro atoms. The van der Waals surface area contributed by atoms with Gasteiger partial charge in [-0.3, -0.25) is 19.4 Å². The SMILES string of the molecule is CC(C)[C@@]1(C(=O)N[C@@H](CC(=O)OC(C)(C)C)C(=O)CF)CC(c2nccc3ccccc23)=NO1. The van der Waals surface area contributed by atoms with Gasteiger partial charge in [0.05, 0.1) is 12.1 Å². The van der Waals surface area contributed by atoms with Crippen molar-refractivity contribution in [3.05, 3.63) is 42.2 Å². The molecule has 0 bridgehead atoms. The zero-order valence-electron chi connectivity index (χ0n) is 20.1. The van der Waals surface area contributed by atoms with Gasteiger partial charge in [-0.2, -0.15) is 0 Å². The quantitative estimate of drug-likeness (QED) is 0.591. The molecule has 0 radical (unpaired) electrons. The van der Waals surface area contributed by atoms with E-state index in [0.717, 1.165) is 10.8 Å². The second-order valence-corrected chi connectivity index (χ2v) is 9.65. The summed E-state index contributed by atoms with van der Waals surface area (Å²) in [7, 11) is 0. The summed E-state index contributed by atoms with van der Waals surface area (Å²) in [6.45, 7) is 7.27. The van der Waals surface area contributed by atoms with Gasteiger partial charge in [0.2, 0.25) is 5.60 Å². The smallest absolute Gasteiger partial charge is 0.308 e. The number of benzene rings is 1. The summed E-state index contributed by atoms with van der Waals surface area (Å²) >= 11 is 0. The molecular weight excluding hydrogens is 441 g/mol. The van der Waals surface area contributed by atoms with Crippen molar-refractivity contribution in [2.45, 2.75) is 64.7 Å². The molecule has 9 heteroatoms. The maximum Gasteiger partial charge on any atom is 0.308 e. The number of esters is 1. The number of halogens is 1. The van der Waals surface area contributed by atoms with Gasteiger partial charge in [0.1, 0.15) is 24.0 Å². The Morgan fingerprint density at radius 1 is 1.21 bits per heavy atom. The summed E-state index contributed by atoms with van der Waals surface area (Å²) < 4.78 is 18.5. The minimum absolute atomic E-state index is 0.0977. The van der Waals surface area contributed by atoms with Crippen molar-refractivity contribution < 1.29 is 28.3 Å². The van der Waals surface area contributed by atoms with Crippen LogP contribution < -0.4 is 5.32 Å². The fourth-order valence-corrected chi connectivity index (χ4v) is 3.79. The molecule has 1 N–H and O–H groups in total. The first-order valence-corrected chi connectivity index (χ1v) is 11.2. The number of aromatic nitrogens is 1. The van der Waals surface area contributed by atoms with Crippen LogP contribution in [0.5, 0.6) is 0 Å². The van der Waals surface area contributed by atoms with Crippen LogP contribution in [0, 0.1) is 5.92 Å². The standard InChI is InChI=1S/C25H30FN3O5/c1-15(2)25(23(32)28-18(20(30)14-26)12-21(31)33-24(3,4)5)13-19(29-34-25)22-17-9-7-6-8-16(17)10-11-27-22/h6-11,15,18H,12-14H2,1-5H3,(H,28,32)/t18-,25+/m0/s1. The Morgan fingerprint density at radius 2 is 1.91 bits per heavy atom. The normalized spacial score (nSPS) is 18.9. The molecule has 1 aliphatic heterocycles. The molecule has 1 aromatic carbocycles. The molecule has 1 aromatic heterocycles. The molecule has 182 valence electrons. The highest BCUT2D eigenvalue weighted by Crippen LogP contribution is 2.35. The number of amides is 1. The maximum atomic E-state index is 13.4. The first-order chi connectivity index (χ1) is 16.0. The third kappa shape index (κ3) is 5.40. The Hall–Kier alpha value is -3.36. The van der Waals surface area contributed by atoms with Gasteiger partial charge in [0.15, 0.2) is 5.78 Å². The third-order valence-corrected chi connectivity index (χ3v) is 5.63. The van der Waals surface area contributed by atoms with E-state index in [1.165, 1.54) is 0 Å². The Balaban J connectivity index is 1.83. The molecule has 0 saturated carbocycles. The second kappa shape index (κ2) is 9.87. The number of oxime groups is 1. The number of nitrogens with one attached hydrogen (secondary N) is 1. The van der Waals surface area contributed by atoms with Gasteiger partial charge < -0.3 is 14.9 Å². The summed E-state index contributed by atoms with van der Waals surface area (Å²) in [5, 5.41) is 8.52. The zero-order valence-corrected chi connectivity index (χ0v) is 20.1. The van der Waals surface area contributed by atoms with Crippen LogP contribution >= 0.6 is 0 Å². The zero-order chi connectivity index (χ0) is 25.1. The van der Waals surface area contributed by atoms with Crippen LogP contribution in [0.2, 0.25) is 0 Å². The number of ether oxygens (including phenoxy) is 1. The van der Waals surface area contributed by atoms with Crippen molar-refractivity contribution in [1.29, 1.82) is 0 Å². The molecule has 0 aliphatic carbocycles. The lowest BCUT2D eigenvalue weighted by atomic mass is 9.83. The first kappa shape index (κ1) is 25.3. The molecule has 2 atom stereocenters. The number of hydrogen-bond donors (Lipinski definition) is 1. The monoisotopic (exact) mass is 471 g/mol. The molecule has 0 saturated heterocycles. The Labute approximate surface area is 197 Å². The predicted molar refractivity (Wildman–Crippen MR) is 125 cm³/mol. The molecule has 1 amide bonds. The lowest BCUT2D eigenvalue weighted by Crippen LogP contribution is -2.56. The largest absolute Gasteiger partial charge is 0.460 e. The number of alkyl halides is 1. The summed E-state index contributed by atoms with van der Waals surface area (Å²) in [6.07, 6.45) is 1.27. The fourth-order valence-electron chi connectivity index (χ4n) is 3.79. The van der Waals surface area contributed by atoms with E-state index in [4.69, 9.17) is 9.57 Å². The van der Waals surface area contributed by atoms with E-state index in [9.17, 15) is 18.8 Å². The molecule has 0 fully saturated rings. The number of pyridine rings is 1. The van der Waals surface area contributed by atoms with Crippen molar-refractivity contribution in [3.8, 4) is 0 Å². The highest BCUT2D eigenvalue weighted by molar-refractivity contribution is 6.12. The summed E-state index contributed by atoms with van der Waals surface area (Å²) in [4.78, 5) is 48.0. The fraction of sp³-hybridized carbons (Fsp3) is 0.480. The van der Waals surface area contributed by atoms with Crippen molar-refractivity contribution in [1.82, 2.24) is 10.3 Å². The van der Waals surface area contributed by atoms with Crippen LogP contribution in [-0.4, -0.2) is 52.3 Å². The summed E-state index contributed by atoms with van der Waals surface area (Å²) in [5.41, 5.74) is -1.15. The van der Waals surface area contributed by atoms with Gasteiger partial charge in [0.25, 0.3) is 5.91 Å². The summed E-state index contributed by atoms with van der Waals surface area (Å²) in [6, 6.07) is 8.15. The van der Waals surface area contributed by atoms with Crippen LogP contribution in [-0.2, 0) is 24.0 Å². The van der Waals surface area contributed by atoms with Gasteiger partial charge in [-0.25, -0.2) is 4.39 Å². The topological polar surface area (TPSA) is 107 Å². The predicted octanol–water partition coefficient (Wildman–Crippen LogP) is 3.51. The first-order valence-electron chi connectivity index (χ1n) is 11.2. The number of nitrogens with zero attached hydrogens (tertiary/aromatic N) is 2. The van der Waals surface area contributed by atoms with Crippen LogP contribution in [0.4, 0.5) is 4.39 Å². The molecule has 0 unspecified atom stereocenters. The Bertz CT molecular complexity index is 1120. The van der Waals surface area contributed by atoms with E-state index in [-0.39, 0.29) is 12.3 Å². The van der Waals surface area contributed by atoms with E-state index in [0.29, 0.717) is 11.4 Å². The van der Waals surface area contributed by atoms with E-state index in [1.807, 2.05) is 30.3 Å². The number of rotatable bonds is 8. The number of fused-ring (bicyclic) bond motifs is 1. The average Bonchev–Trinajstić information content (AvgIpc) is 3.23. The number of carbonyl (C=O) groups is 3. The molecule has 1 aliphatic rings. The maximum absolute atomic E-state index is 13.4. The highest BCUT2D eigenvalue weighted by Gasteiger charge is 2.51. The minimum Gasteiger partial charge on any atom is -0.460 e. The number of hydrogen-bond acceptors (Lipinski definition) is 7. The minimum atomic E-state index is -1.45. The van der Waals surface area contributed by atoms with Crippen LogP contribution in [0.25, 0.3) is 10.8 Å². The van der Waals surface area contributed by atoms with E-state index in [2.05, 4.69) is 15.5 Å². The lowest BCUT2D eigenvalue weighted by molar-refractivity contribution is -0.158. The van der Waals surface area contributed by atoms with E-state index in [1.54, 1.807) is 40.8 Å². The number of Topliss-reactive ketones (excluding diaryl/α,β-unsaturated/α-hetero) is 1. The van der Waals surface area contributed by atoms with Crippen molar-refractivity contribution in [2.24, 2.45) is 11.1 Å². The molecule has 34 heavy (non-hydrogen) atoms. The molecule has 2 aromatic rings. The van der Waals surface area contributed by atoms with Crippen molar-refractivity contribution in [3.63, 3.8) is 0 Å². The lowest BCUT2D eigenvalue weighted by Gasteiger charge is -2.31. The Morgan fingerprint density at radius 3 is 2.56 bits per heavy atom. The van der Waals surface area contributed by atoms with Gasteiger partial charge in [0, 0.05) is 23.9 Å². The number of ketones is 1. The third-order valence-electron chi connectivity index (χ3n) is 5.63. The number of carbonyl (C=O) groups excluding carboxylic acids is 3. The van der Waals surface area contributed by atoms with Gasteiger partial charge in [-0.15, -0.1) is 0 Å². The van der Waals surface area contributed by atoms with Crippen LogP contribution in [0.3, 0.4) is 0 Å². The summed E-state index contributed by atoms with van der Waals surface area (Å²) in [5.74, 6) is -2.65. The van der Waals surface area contributed by atoms with Crippen LogP contribution in [0.1, 0.15) is 53.2 Å². The molecule has 2 heterocycles.